The van der Waals surface area contributed by atoms with Gasteiger partial charge in [-0.1, -0.05) is 20.8 Å². The molecule has 0 aliphatic heterocycles. The molecule has 64 valence electrons. The highest BCUT2D eigenvalue weighted by Gasteiger charge is 2.01. The molecule has 0 bridgehead atoms. The molecule has 11 heavy (non-hydrogen) atoms. The highest BCUT2D eigenvalue weighted by Crippen LogP contribution is 2.16. The standard InChI is InChI=1S/C7H11NS.C2H6/c1-4-7-5(2)6(3)8-9-7;1-2/h4H2,1-3H3;1-2H3. The Labute approximate surface area is 73.6 Å². The Balaban J connectivity index is 0.000000461. The van der Waals surface area contributed by atoms with Gasteiger partial charge in [-0.2, -0.15) is 4.37 Å². The van der Waals surface area contributed by atoms with Crippen molar-refractivity contribution in [1.29, 1.82) is 0 Å². The Hall–Kier alpha value is -0.370. The molecule has 0 atom stereocenters. The highest BCUT2D eigenvalue weighted by molar-refractivity contribution is 7.06. The first-order chi connectivity index (χ1) is 5.25. The fraction of sp³-hybridized carbons (Fsp3) is 0.667. The van der Waals surface area contributed by atoms with Crippen LogP contribution < -0.4 is 0 Å². The lowest BCUT2D eigenvalue weighted by molar-refractivity contribution is 1.14. The van der Waals surface area contributed by atoms with Crippen LogP contribution in [-0.4, -0.2) is 4.37 Å². The Kier molecular flexibility index (Phi) is 5.12. The van der Waals surface area contributed by atoms with Gasteiger partial charge in [0.1, 0.15) is 0 Å². The number of nitrogens with zero attached hydrogens (tertiary/aromatic N) is 1. The second-order valence-electron chi connectivity index (χ2n) is 2.17. The third-order valence-electron chi connectivity index (χ3n) is 1.57. The summed E-state index contributed by atoms with van der Waals surface area (Å²) in [6.45, 7) is 10.4. The number of hydrogen-bond donors (Lipinski definition) is 0. The fourth-order valence-electron chi connectivity index (χ4n) is 0.792. The summed E-state index contributed by atoms with van der Waals surface area (Å²) in [7, 11) is 0. The van der Waals surface area contributed by atoms with Crippen molar-refractivity contribution in [2.45, 2.75) is 41.0 Å². The van der Waals surface area contributed by atoms with Crippen LogP contribution in [0.5, 0.6) is 0 Å². The Bertz CT molecular complexity index is 203. The van der Waals surface area contributed by atoms with Crippen LogP contribution in [0.3, 0.4) is 0 Å². The molecule has 1 nitrogen and oxygen atoms in total. The second-order valence-corrected chi connectivity index (χ2v) is 3.03. The fourth-order valence-corrected chi connectivity index (χ4v) is 1.59. The van der Waals surface area contributed by atoms with Gasteiger partial charge in [-0.3, -0.25) is 0 Å². The van der Waals surface area contributed by atoms with E-state index in [9.17, 15) is 0 Å². The van der Waals surface area contributed by atoms with E-state index in [1.807, 2.05) is 13.8 Å². The monoisotopic (exact) mass is 171 g/mol. The van der Waals surface area contributed by atoms with Gasteiger partial charge in [0.25, 0.3) is 0 Å². The molecular weight excluding hydrogens is 154 g/mol. The summed E-state index contributed by atoms with van der Waals surface area (Å²) in [4.78, 5) is 1.42. The van der Waals surface area contributed by atoms with E-state index in [0.29, 0.717) is 0 Å². The molecule has 0 saturated heterocycles. The summed E-state index contributed by atoms with van der Waals surface area (Å²) in [5, 5.41) is 0. The van der Waals surface area contributed by atoms with Gasteiger partial charge < -0.3 is 0 Å². The van der Waals surface area contributed by atoms with Crippen molar-refractivity contribution in [3.63, 3.8) is 0 Å². The van der Waals surface area contributed by atoms with Crippen LogP contribution in [0, 0.1) is 13.8 Å². The molecule has 0 radical (unpaired) electrons. The lowest BCUT2D eigenvalue weighted by Gasteiger charge is -1.88. The molecule has 0 fully saturated rings. The maximum atomic E-state index is 4.23. The largest absolute Gasteiger partial charge is 0.197 e. The van der Waals surface area contributed by atoms with Gasteiger partial charge in [-0.25, -0.2) is 0 Å². The van der Waals surface area contributed by atoms with Gasteiger partial charge in [0.2, 0.25) is 0 Å². The minimum atomic E-state index is 1.12. The molecular formula is C9H17NS. The van der Waals surface area contributed by atoms with E-state index in [1.54, 1.807) is 11.5 Å². The summed E-state index contributed by atoms with van der Waals surface area (Å²) in [6.07, 6.45) is 1.12. The summed E-state index contributed by atoms with van der Waals surface area (Å²) >= 11 is 1.63. The number of aromatic nitrogens is 1. The Morgan fingerprint density at radius 2 is 1.82 bits per heavy atom. The summed E-state index contributed by atoms with van der Waals surface area (Å²) in [5.74, 6) is 0. The van der Waals surface area contributed by atoms with Crippen LogP contribution in [-0.2, 0) is 6.42 Å². The Morgan fingerprint density at radius 3 is 2.00 bits per heavy atom. The number of rotatable bonds is 1. The summed E-state index contributed by atoms with van der Waals surface area (Å²) < 4.78 is 4.23. The van der Waals surface area contributed by atoms with E-state index in [2.05, 4.69) is 25.1 Å². The predicted octanol–water partition coefficient (Wildman–Crippen LogP) is 3.35. The van der Waals surface area contributed by atoms with Gasteiger partial charge in [0.15, 0.2) is 0 Å². The lowest BCUT2D eigenvalue weighted by Crippen LogP contribution is -1.78. The van der Waals surface area contributed by atoms with E-state index in [0.717, 1.165) is 6.42 Å². The first-order valence-electron chi connectivity index (χ1n) is 4.17. The van der Waals surface area contributed by atoms with Crippen molar-refractivity contribution < 1.29 is 0 Å². The average molecular weight is 171 g/mol. The average Bonchev–Trinajstić information content (AvgIpc) is 2.37. The first-order valence-corrected chi connectivity index (χ1v) is 4.94. The zero-order valence-corrected chi connectivity index (χ0v) is 8.88. The van der Waals surface area contributed by atoms with Crippen LogP contribution in [0.4, 0.5) is 0 Å². The second kappa shape index (κ2) is 5.30. The van der Waals surface area contributed by atoms with E-state index < -0.39 is 0 Å². The first kappa shape index (κ1) is 10.6. The van der Waals surface area contributed by atoms with Gasteiger partial charge in [-0.05, 0) is 37.4 Å². The number of hydrogen-bond acceptors (Lipinski definition) is 2. The molecule has 1 heterocycles. The molecule has 0 aliphatic carbocycles. The van der Waals surface area contributed by atoms with E-state index in [4.69, 9.17) is 0 Å². The maximum absolute atomic E-state index is 4.23. The van der Waals surface area contributed by atoms with E-state index >= 15 is 0 Å². The predicted molar refractivity (Wildman–Crippen MR) is 52.3 cm³/mol. The van der Waals surface area contributed by atoms with Gasteiger partial charge >= 0.3 is 0 Å². The molecule has 0 N–H and O–H groups in total. The molecule has 0 spiro atoms. The van der Waals surface area contributed by atoms with Crippen LogP contribution in [0.2, 0.25) is 0 Å². The van der Waals surface area contributed by atoms with E-state index in [-0.39, 0.29) is 0 Å². The molecule has 1 rings (SSSR count). The van der Waals surface area contributed by atoms with Gasteiger partial charge in [0, 0.05) is 4.88 Å². The Morgan fingerprint density at radius 1 is 1.27 bits per heavy atom. The molecule has 1 aromatic heterocycles. The van der Waals surface area contributed by atoms with Crippen molar-refractivity contribution in [3.05, 3.63) is 16.1 Å². The smallest absolute Gasteiger partial charge is 0.0543 e. The minimum absolute atomic E-state index is 1.12. The van der Waals surface area contributed by atoms with E-state index in [1.165, 1.54) is 16.1 Å². The molecule has 2 heteroatoms. The molecule has 0 aromatic carbocycles. The third kappa shape index (κ3) is 2.62. The SMILES string of the molecule is CC.CCc1snc(C)c1C. The topological polar surface area (TPSA) is 12.9 Å². The van der Waals surface area contributed by atoms with Crippen molar-refractivity contribution in [2.75, 3.05) is 0 Å². The van der Waals surface area contributed by atoms with Gasteiger partial charge in [-0.15, -0.1) is 0 Å². The zero-order chi connectivity index (χ0) is 8.85. The van der Waals surface area contributed by atoms with Crippen molar-refractivity contribution in [3.8, 4) is 0 Å². The summed E-state index contributed by atoms with van der Waals surface area (Å²) in [5.41, 5.74) is 2.57. The van der Waals surface area contributed by atoms with Crippen LogP contribution in [0.1, 0.15) is 36.9 Å². The lowest BCUT2D eigenvalue weighted by atomic mass is 10.2. The van der Waals surface area contributed by atoms with Crippen LogP contribution in [0.25, 0.3) is 0 Å². The third-order valence-corrected chi connectivity index (χ3v) is 2.76. The number of aryl methyl sites for hydroxylation is 2. The van der Waals surface area contributed by atoms with Gasteiger partial charge in [0.05, 0.1) is 5.69 Å². The minimum Gasteiger partial charge on any atom is -0.197 e. The maximum Gasteiger partial charge on any atom is 0.0543 e. The van der Waals surface area contributed by atoms with Crippen LogP contribution >= 0.6 is 11.5 Å². The zero-order valence-electron chi connectivity index (χ0n) is 8.06. The normalized spacial score (nSPS) is 8.82. The van der Waals surface area contributed by atoms with Crippen molar-refractivity contribution >= 4 is 11.5 Å². The summed E-state index contributed by atoms with van der Waals surface area (Å²) in [6, 6.07) is 0. The molecule has 0 amide bonds. The van der Waals surface area contributed by atoms with Crippen molar-refractivity contribution in [1.82, 2.24) is 4.37 Å². The molecule has 0 saturated carbocycles. The van der Waals surface area contributed by atoms with Crippen LogP contribution in [0.15, 0.2) is 0 Å². The highest BCUT2D eigenvalue weighted by atomic mass is 32.1. The molecule has 0 unspecified atom stereocenters. The molecule has 1 aromatic rings. The quantitative estimate of drug-likeness (QED) is 0.631. The van der Waals surface area contributed by atoms with Crippen molar-refractivity contribution in [2.24, 2.45) is 0 Å². The molecule has 0 aliphatic rings.